The van der Waals surface area contributed by atoms with Crippen LogP contribution in [0.15, 0.2) is 42.5 Å². The first kappa shape index (κ1) is 21.5. The maximum atomic E-state index is 12.6. The predicted octanol–water partition coefficient (Wildman–Crippen LogP) is 2.46. The summed E-state index contributed by atoms with van der Waals surface area (Å²) in [5.41, 5.74) is 2.29. The number of methoxy groups -OCH3 is 1. The molecule has 1 unspecified atom stereocenters. The minimum absolute atomic E-state index is 0.0472. The molecule has 0 radical (unpaired) electrons. The van der Waals surface area contributed by atoms with Crippen molar-refractivity contribution in [3.63, 3.8) is 0 Å². The van der Waals surface area contributed by atoms with Crippen LogP contribution < -0.4 is 19.5 Å². The minimum atomic E-state index is -0.0836. The molecule has 2 heterocycles. The molecule has 2 aliphatic heterocycles. The Labute approximate surface area is 183 Å². The number of nitrogens with zero attached hydrogens (tertiary/aromatic N) is 2. The van der Waals surface area contributed by atoms with E-state index in [1.54, 1.807) is 7.11 Å². The number of benzene rings is 2. The Bertz CT molecular complexity index is 879. The van der Waals surface area contributed by atoms with Crippen molar-refractivity contribution in [1.29, 1.82) is 0 Å². The van der Waals surface area contributed by atoms with Crippen LogP contribution in [0.3, 0.4) is 0 Å². The molecule has 7 heteroatoms. The lowest BCUT2D eigenvalue weighted by Gasteiger charge is -2.34. The maximum Gasteiger partial charge on any atom is 0.234 e. The summed E-state index contributed by atoms with van der Waals surface area (Å²) in [7, 11) is 1.68. The van der Waals surface area contributed by atoms with Gasteiger partial charge in [0.15, 0.2) is 11.5 Å². The van der Waals surface area contributed by atoms with Gasteiger partial charge in [-0.15, -0.1) is 0 Å². The molecule has 1 saturated heterocycles. The summed E-state index contributed by atoms with van der Waals surface area (Å²) in [5, 5.41) is 3.11. The van der Waals surface area contributed by atoms with Gasteiger partial charge in [-0.05, 0) is 42.3 Å². The molecule has 1 atom stereocenters. The molecule has 166 valence electrons. The SMILES string of the molecule is COc1ccc(CN2CCN(CC(=O)NC(C)c3ccc4c(c3)OCCO4)CC2)cc1. The highest BCUT2D eigenvalue weighted by atomic mass is 16.6. The molecule has 7 nitrogen and oxygen atoms in total. The molecule has 0 bridgehead atoms. The zero-order valence-corrected chi connectivity index (χ0v) is 18.3. The van der Waals surface area contributed by atoms with Crippen molar-refractivity contribution in [2.75, 3.05) is 53.0 Å². The normalized spacial score (nSPS) is 17.7. The van der Waals surface area contributed by atoms with Gasteiger partial charge in [0.2, 0.25) is 5.91 Å². The summed E-state index contributed by atoms with van der Waals surface area (Å²) in [5.74, 6) is 2.44. The van der Waals surface area contributed by atoms with Crippen molar-refractivity contribution in [2.24, 2.45) is 0 Å². The second-order valence-electron chi connectivity index (χ2n) is 8.09. The van der Waals surface area contributed by atoms with E-state index in [9.17, 15) is 4.79 Å². The fraction of sp³-hybridized carbons (Fsp3) is 0.458. The van der Waals surface area contributed by atoms with Crippen molar-refractivity contribution in [3.05, 3.63) is 53.6 Å². The van der Waals surface area contributed by atoms with Crippen LogP contribution in [0.1, 0.15) is 24.1 Å². The Morgan fingerprint density at radius 2 is 1.68 bits per heavy atom. The predicted molar refractivity (Wildman–Crippen MR) is 119 cm³/mol. The number of amides is 1. The van der Waals surface area contributed by atoms with E-state index < -0.39 is 0 Å². The van der Waals surface area contributed by atoms with Gasteiger partial charge in [-0.1, -0.05) is 18.2 Å². The first-order valence-electron chi connectivity index (χ1n) is 10.9. The van der Waals surface area contributed by atoms with Crippen LogP contribution in [0.5, 0.6) is 17.2 Å². The van der Waals surface area contributed by atoms with Crippen molar-refractivity contribution in [1.82, 2.24) is 15.1 Å². The fourth-order valence-electron chi connectivity index (χ4n) is 4.00. The van der Waals surface area contributed by atoms with Crippen LogP contribution >= 0.6 is 0 Å². The average molecular weight is 426 g/mol. The Morgan fingerprint density at radius 1 is 1.00 bits per heavy atom. The largest absolute Gasteiger partial charge is 0.497 e. The number of piperazine rings is 1. The Kier molecular flexibility index (Phi) is 6.94. The molecular weight excluding hydrogens is 394 g/mol. The average Bonchev–Trinajstić information content (AvgIpc) is 2.80. The van der Waals surface area contributed by atoms with E-state index >= 15 is 0 Å². The lowest BCUT2D eigenvalue weighted by Crippen LogP contribution is -2.49. The molecule has 1 fully saturated rings. The second-order valence-corrected chi connectivity index (χ2v) is 8.09. The fourth-order valence-corrected chi connectivity index (χ4v) is 4.00. The number of nitrogens with one attached hydrogen (secondary N) is 1. The van der Waals surface area contributed by atoms with Crippen LogP contribution in [0.2, 0.25) is 0 Å². The molecule has 1 N–H and O–H groups in total. The van der Waals surface area contributed by atoms with Crippen molar-refractivity contribution in [2.45, 2.75) is 19.5 Å². The zero-order chi connectivity index (χ0) is 21.6. The Hall–Kier alpha value is -2.77. The minimum Gasteiger partial charge on any atom is -0.497 e. The first-order valence-corrected chi connectivity index (χ1v) is 10.9. The van der Waals surface area contributed by atoms with E-state index in [1.165, 1.54) is 5.56 Å². The summed E-state index contributed by atoms with van der Waals surface area (Å²) < 4.78 is 16.4. The number of carbonyl (C=O) groups excluding carboxylic acids is 1. The zero-order valence-electron chi connectivity index (χ0n) is 18.3. The van der Waals surface area contributed by atoms with Gasteiger partial charge in [0.05, 0.1) is 19.7 Å². The summed E-state index contributed by atoms with van der Waals surface area (Å²) in [6, 6.07) is 14.0. The number of carbonyl (C=O) groups is 1. The van der Waals surface area contributed by atoms with Gasteiger partial charge in [-0.2, -0.15) is 0 Å². The van der Waals surface area contributed by atoms with E-state index in [4.69, 9.17) is 14.2 Å². The number of ether oxygens (including phenoxy) is 3. The van der Waals surface area contributed by atoms with Crippen molar-refractivity contribution < 1.29 is 19.0 Å². The van der Waals surface area contributed by atoms with E-state index in [2.05, 4.69) is 27.2 Å². The van der Waals surface area contributed by atoms with Crippen molar-refractivity contribution in [3.8, 4) is 17.2 Å². The monoisotopic (exact) mass is 425 g/mol. The van der Waals surface area contributed by atoms with Crippen LogP contribution in [0.4, 0.5) is 0 Å². The standard InChI is InChI=1S/C24H31N3O4/c1-18(20-5-8-22-23(15-20)31-14-13-30-22)25-24(28)17-27-11-9-26(10-12-27)16-19-3-6-21(29-2)7-4-19/h3-8,15,18H,9-14,16-17H2,1-2H3,(H,25,28). The molecule has 2 aromatic rings. The van der Waals surface area contributed by atoms with Gasteiger partial charge >= 0.3 is 0 Å². The lowest BCUT2D eigenvalue weighted by molar-refractivity contribution is -0.123. The van der Waals surface area contributed by atoms with Crippen LogP contribution in [-0.2, 0) is 11.3 Å². The third-order valence-electron chi connectivity index (χ3n) is 5.84. The van der Waals surface area contributed by atoms with Gasteiger partial charge in [-0.3, -0.25) is 14.6 Å². The van der Waals surface area contributed by atoms with Crippen LogP contribution in [-0.4, -0.2) is 68.8 Å². The molecule has 0 aliphatic carbocycles. The quantitative estimate of drug-likeness (QED) is 0.735. The molecule has 1 amide bonds. The molecule has 0 aromatic heterocycles. The van der Waals surface area contributed by atoms with E-state index in [-0.39, 0.29) is 11.9 Å². The molecule has 0 spiro atoms. The van der Waals surface area contributed by atoms with Crippen molar-refractivity contribution >= 4 is 5.91 Å². The molecule has 0 saturated carbocycles. The van der Waals surface area contributed by atoms with Gasteiger partial charge in [0, 0.05) is 32.7 Å². The highest BCUT2D eigenvalue weighted by Gasteiger charge is 2.21. The Balaban J connectivity index is 1.21. The van der Waals surface area contributed by atoms with E-state index in [1.807, 2.05) is 37.3 Å². The van der Waals surface area contributed by atoms with Gasteiger partial charge in [0.1, 0.15) is 19.0 Å². The first-order chi connectivity index (χ1) is 15.1. The van der Waals surface area contributed by atoms with Gasteiger partial charge in [0.25, 0.3) is 0 Å². The molecule has 4 rings (SSSR count). The summed E-state index contributed by atoms with van der Waals surface area (Å²) in [4.78, 5) is 17.2. The molecule has 2 aromatic carbocycles. The molecule has 2 aliphatic rings. The van der Waals surface area contributed by atoms with Crippen LogP contribution in [0.25, 0.3) is 0 Å². The summed E-state index contributed by atoms with van der Waals surface area (Å²) in [6.07, 6.45) is 0. The lowest BCUT2D eigenvalue weighted by atomic mass is 10.1. The number of hydrogen-bond acceptors (Lipinski definition) is 6. The second kappa shape index (κ2) is 10.0. The van der Waals surface area contributed by atoms with E-state index in [0.29, 0.717) is 19.8 Å². The Morgan fingerprint density at radius 3 is 2.39 bits per heavy atom. The third-order valence-corrected chi connectivity index (χ3v) is 5.84. The third kappa shape index (κ3) is 5.68. The van der Waals surface area contributed by atoms with E-state index in [0.717, 1.165) is 55.5 Å². The number of hydrogen-bond donors (Lipinski definition) is 1. The summed E-state index contributed by atoms with van der Waals surface area (Å²) >= 11 is 0. The molecule has 31 heavy (non-hydrogen) atoms. The number of fused-ring (bicyclic) bond motifs is 1. The maximum absolute atomic E-state index is 12.6. The van der Waals surface area contributed by atoms with Crippen LogP contribution in [0, 0.1) is 0 Å². The summed E-state index contributed by atoms with van der Waals surface area (Å²) in [6.45, 7) is 8.16. The highest BCUT2D eigenvalue weighted by molar-refractivity contribution is 5.78. The van der Waals surface area contributed by atoms with Gasteiger partial charge < -0.3 is 19.5 Å². The number of rotatable bonds is 7. The topological polar surface area (TPSA) is 63.3 Å². The highest BCUT2D eigenvalue weighted by Crippen LogP contribution is 2.32. The van der Waals surface area contributed by atoms with Gasteiger partial charge in [-0.25, -0.2) is 0 Å². The smallest absolute Gasteiger partial charge is 0.234 e. The molecular formula is C24H31N3O4.